The van der Waals surface area contributed by atoms with Gasteiger partial charge >= 0.3 is 5.97 Å². The van der Waals surface area contributed by atoms with Crippen LogP contribution in [0.3, 0.4) is 0 Å². The van der Waals surface area contributed by atoms with Crippen molar-refractivity contribution >= 4 is 103 Å². The second-order valence-electron chi connectivity index (χ2n) is 14.1. The van der Waals surface area contributed by atoms with E-state index >= 15 is 0 Å². The lowest BCUT2D eigenvalue weighted by molar-refractivity contribution is -0.130. The minimum absolute atomic E-state index is 0.00990. The number of azo groups is 3. The predicted molar refractivity (Wildman–Crippen MR) is 243 cm³/mol. The molecular weight excluding hydrogens is 1050 g/mol. The highest BCUT2D eigenvalue weighted by Gasteiger charge is 2.41. The van der Waals surface area contributed by atoms with Crippen LogP contribution in [0, 0.1) is 0 Å². The first-order valence-corrected chi connectivity index (χ1v) is 25.4. The van der Waals surface area contributed by atoms with Crippen molar-refractivity contribution in [1.29, 1.82) is 0 Å². The van der Waals surface area contributed by atoms with Crippen LogP contribution in [0.4, 0.5) is 34.1 Å². The largest absolute Gasteiger partial charge is 0.505 e. The van der Waals surface area contributed by atoms with Gasteiger partial charge in [-0.3, -0.25) is 23.0 Å². The number of carboxylic acid groups (broad SMARTS) is 1. The number of carbonyl (C=O) groups is 2. The molecule has 1 heterocycles. The van der Waals surface area contributed by atoms with Gasteiger partial charge in [-0.25, -0.2) is 4.79 Å². The second-order valence-corrected chi connectivity index (χ2v) is 19.7. The van der Waals surface area contributed by atoms with Gasteiger partial charge in [-0.2, -0.15) is 59.1 Å². The molecule has 0 aliphatic carbocycles. The number of hydrazone groups is 1. The minimum atomic E-state index is -5.57. The number of ether oxygens (including phenoxy) is 3. The third-order valence-corrected chi connectivity index (χ3v) is 12.9. The van der Waals surface area contributed by atoms with Gasteiger partial charge in [0.25, 0.3) is 46.4 Å². The third kappa shape index (κ3) is 12.1. The fraction of sp³-hybridized carbons (Fsp3) is 0.184. The Bertz CT molecular complexity index is 3580. The molecule has 0 spiro atoms. The lowest BCUT2D eigenvalue weighted by Crippen LogP contribution is -2.33. The number of fused-ring (bicyclic) bond motifs is 1. The normalized spacial score (nSPS) is 14.8. The molecular formula is C38H35N9O21S4. The third-order valence-electron chi connectivity index (χ3n) is 9.34. The van der Waals surface area contributed by atoms with Crippen LogP contribution in [0.15, 0.2) is 128 Å². The molecule has 1 aliphatic rings. The van der Waals surface area contributed by atoms with Crippen molar-refractivity contribution in [2.45, 2.75) is 25.6 Å². The highest BCUT2D eigenvalue weighted by molar-refractivity contribution is 7.87. The Kier molecular flexibility index (Phi) is 16.0. The van der Waals surface area contributed by atoms with Crippen LogP contribution in [-0.2, 0) is 50.1 Å². The number of amides is 1. The lowest BCUT2D eigenvalue weighted by atomic mass is 10.1. The van der Waals surface area contributed by atoms with E-state index in [0.717, 1.165) is 60.7 Å². The maximum absolute atomic E-state index is 13.4. The predicted octanol–water partition coefficient (Wildman–Crippen LogP) is 3.38. The van der Waals surface area contributed by atoms with Gasteiger partial charge < -0.3 is 40.4 Å². The van der Waals surface area contributed by atoms with Gasteiger partial charge in [0.2, 0.25) is 6.04 Å². The Balaban J connectivity index is 1.44. The fourth-order valence-corrected chi connectivity index (χ4v) is 8.90. The Labute approximate surface area is 405 Å². The molecule has 5 aromatic carbocycles. The van der Waals surface area contributed by atoms with Crippen LogP contribution in [-0.4, -0.2) is 136 Å². The average Bonchev–Trinajstić information content (AvgIpc) is 3.64. The van der Waals surface area contributed by atoms with Crippen molar-refractivity contribution in [3.63, 3.8) is 0 Å². The summed E-state index contributed by atoms with van der Waals surface area (Å²) < 4.78 is 155. The van der Waals surface area contributed by atoms with Crippen molar-refractivity contribution in [3.05, 3.63) is 72.8 Å². The van der Waals surface area contributed by atoms with Crippen LogP contribution in [0.2, 0.25) is 0 Å². The summed E-state index contributed by atoms with van der Waals surface area (Å²) >= 11 is 0. The van der Waals surface area contributed by atoms with Crippen LogP contribution in [0.1, 0.15) is 0 Å². The summed E-state index contributed by atoms with van der Waals surface area (Å²) in [5.74, 6) is -5.07. The van der Waals surface area contributed by atoms with E-state index in [1.54, 1.807) is 0 Å². The molecule has 1 atom stereocenters. The number of carbonyl (C=O) groups excluding carboxylic acids is 1. The number of nitrogens with two attached hydrogens (primary N) is 1. The molecule has 0 saturated heterocycles. The highest BCUT2D eigenvalue weighted by atomic mass is 32.2. The molecule has 1 unspecified atom stereocenters. The molecule has 1 aliphatic heterocycles. The molecule has 30 nitrogen and oxygen atoms in total. The van der Waals surface area contributed by atoms with Crippen LogP contribution in [0.5, 0.6) is 23.0 Å². The van der Waals surface area contributed by atoms with Gasteiger partial charge in [0.15, 0.2) is 11.5 Å². The zero-order chi connectivity index (χ0) is 52.9. The SMILES string of the molecule is NCCOc1ccc(N=Nc2cc(OCCO)c(N=Nc3c(S(=O)(=O)O)cc4c(S(=O)(=O)O)c(N=NC5C(=O)N(c6ccc(S(=O)(=O)O)cc6)N=C5C(=O)O)ccc4c3O)cc2OCCO)cc1S(=O)(=O)O. The Morgan fingerprint density at radius 3 is 1.75 bits per heavy atom. The molecule has 0 fully saturated rings. The number of aliphatic carboxylic acids is 1. The van der Waals surface area contributed by atoms with Gasteiger partial charge in [-0.15, -0.1) is 15.3 Å². The molecule has 6 rings (SSSR count). The molecule has 0 radical (unpaired) electrons. The average molecular weight is 1080 g/mol. The zero-order valence-electron chi connectivity index (χ0n) is 35.9. The van der Waals surface area contributed by atoms with Gasteiger partial charge in [0, 0.05) is 29.4 Å². The van der Waals surface area contributed by atoms with E-state index in [9.17, 15) is 81.9 Å². The second kappa shape index (κ2) is 21.5. The van der Waals surface area contributed by atoms with Crippen LogP contribution < -0.4 is 25.0 Å². The number of hydrogen-bond donors (Lipinski definition) is 9. The summed E-state index contributed by atoms with van der Waals surface area (Å²) in [4.78, 5) is 21.5. The maximum atomic E-state index is 13.4. The maximum Gasteiger partial charge on any atom is 0.355 e. The number of aliphatic hydroxyl groups excluding tert-OH is 2. The van der Waals surface area contributed by atoms with Crippen molar-refractivity contribution in [3.8, 4) is 23.0 Å². The Morgan fingerprint density at radius 1 is 0.639 bits per heavy atom. The summed E-state index contributed by atoms with van der Waals surface area (Å²) in [7, 11) is -20.7. The fourth-order valence-electron chi connectivity index (χ4n) is 6.30. The number of phenols is 1. The smallest absolute Gasteiger partial charge is 0.355 e. The Morgan fingerprint density at radius 2 is 1.22 bits per heavy atom. The number of phenolic OH excluding ortho intramolecular Hbond substituents is 1. The number of rotatable bonds is 21. The summed E-state index contributed by atoms with van der Waals surface area (Å²) in [6, 6.07) is 9.13. The molecule has 1 amide bonds. The molecule has 0 saturated carbocycles. The monoisotopic (exact) mass is 1080 g/mol. The molecule has 382 valence electrons. The first-order chi connectivity index (χ1) is 33.8. The summed E-state index contributed by atoms with van der Waals surface area (Å²) in [5.41, 5.74) is 1.51. The Hall–Kier alpha value is -7.51. The van der Waals surface area contributed by atoms with Gasteiger partial charge in [0.05, 0.1) is 29.5 Å². The number of hydrogen-bond acceptors (Lipinski definition) is 24. The minimum Gasteiger partial charge on any atom is -0.505 e. The van der Waals surface area contributed by atoms with Crippen LogP contribution in [0.25, 0.3) is 10.8 Å². The molecule has 5 aromatic rings. The van der Waals surface area contributed by atoms with E-state index in [2.05, 4.69) is 35.8 Å². The quantitative estimate of drug-likeness (QED) is 0.0375. The number of aliphatic hydroxyl groups is 2. The van der Waals surface area contributed by atoms with E-state index in [1.165, 1.54) is 6.07 Å². The molecule has 34 heteroatoms. The molecule has 72 heavy (non-hydrogen) atoms. The lowest BCUT2D eigenvalue weighted by Gasteiger charge is -2.14. The highest BCUT2D eigenvalue weighted by Crippen LogP contribution is 2.47. The van der Waals surface area contributed by atoms with Gasteiger partial charge in [-0.1, -0.05) is 0 Å². The van der Waals surface area contributed by atoms with E-state index < -0.39 is 138 Å². The van der Waals surface area contributed by atoms with E-state index in [0.29, 0.717) is 11.1 Å². The number of carboxylic acids is 1. The first-order valence-electron chi connectivity index (χ1n) is 19.6. The zero-order valence-corrected chi connectivity index (χ0v) is 39.2. The summed E-state index contributed by atoms with van der Waals surface area (Å²) in [6.07, 6.45) is 0. The number of nitrogens with zero attached hydrogens (tertiary/aromatic N) is 8. The number of aromatic hydroxyl groups is 1. The molecule has 10 N–H and O–H groups in total. The van der Waals surface area contributed by atoms with Gasteiger partial charge in [-0.05, 0) is 60.7 Å². The van der Waals surface area contributed by atoms with Gasteiger partial charge in [0.1, 0.15) is 74.5 Å². The topological polar surface area (TPSA) is 476 Å². The van der Waals surface area contributed by atoms with Crippen molar-refractivity contribution in [1.82, 2.24) is 0 Å². The molecule has 0 bridgehead atoms. The van der Waals surface area contributed by atoms with Crippen LogP contribution >= 0.6 is 0 Å². The van der Waals surface area contributed by atoms with E-state index in [1.807, 2.05) is 0 Å². The van der Waals surface area contributed by atoms with Crippen molar-refractivity contribution < 1.29 is 96.1 Å². The first kappa shape index (κ1) is 53.8. The summed E-state index contributed by atoms with van der Waals surface area (Å²) in [6.45, 7) is -2.08. The molecule has 0 aromatic heterocycles. The number of anilines is 1. The van der Waals surface area contributed by atoms with E-state index in [-0.39, 0.29) is 53.1 Å². The van der Waals surface area contributed by atoms with Crippen molar-refractivity contribution in [2.24, 2.45) is 41.5 Å². The van der Waals surface area contributed by atoms with Crippen molar-refractivity contribution in [2.75, 3.05) is 44.6 Å². The standard InChI is InChI=1S/C38H35N9O21S4/c39-9-12-66-27-8-1-19(15-30(27)70(57,58)59)40-42-25-17-29(68-14-11-49)26(18-28(25)67-13-10-48)43-44-32-31(71(60,61)62)16-23-22(35(32)50)6-7-24(36(23)72(63,64)65)41-45-33-34(38(52)53)46-47(37(33)51)20-2-4-21(5-3-20)69(54,55)56/h1-8,15-18,33,48-50H,9-14,39H2,(H,52,53)(H,54,55,56)(H,57,58,59)(H,60,61,62)(H,63,64,65). The number of benzene rings is 5. The summed E-state index contributed by atoms with van der Waals surface area (Å²) in [5, 5.41) is 65.9. The van der Waals surface area contributed by atoms with E-state index in [4.69, 9.17) is 19.9 Å².